The lowest BCUT2D eigenvalue weighted by Gasteiger charge is -2.37. The van der Waals surface area contributed by atoms with Crippen LogP contribution in [0.3, 0.4) is 0 Å². The Labute approximate surface area is 110 Å². The standard InChI is InChI=1S/C16H24O2/c1-2-15(17)12-16(18)10-8-14(9-11-16)13-6-4-3-5-7-13/h3-7,14-15,17-18H,2,8-12H2,1H3. The van der Waals surface area contributed by atoms with E-state index < -0.39 is 5.60 Å². The minimum absolute atomic E-state index is 0.358. The number of rotatable bonds is 4. The van der Waals surface area contributed by atoms with E-state index in [1.807, 2.05) is 13.0 Å². The Balaban J connectivity index is 1.91. The molecule has 0 bridgehead atoms. The SMILES string of the molecule is CCC(O)CC1(O)CCC(c2ccccc2)CC1. The number of hydrogen-bond acceptors (Lipinski definition) is 2. The van der Waals surface area contributed by atoms with Crippen molar-refractivity contribution in [3.8, 4) is 0 Å². The average molecular weight is 248 g/mol. The van der Waals surface area contributed by atoms with E-state index in [-0.39, 0.29) is 6.10 Å². The molecule has 0 aliphatic heterocycles. The molecule has 0 amide bonds. The molecule has 1 unspecified atom stereocenters. The van der Waals surface area contributed by atoms with Gasteiger partial charge in [0.05, 0.1) is 11.7 Å². The van der Waals surface area contributed by atoms with Crippen LogP contribution >= 0.6 is 0 Å². The molecule has 1 fully saturated rings. The van der Waals surface area contributed by atoms with E-state index in [1.165, 1.54) is 5.56 Å². The van der Waals surface area contributed by atoms with Gasteiger partial charge in [0, 0.05) is 6.42 Å². The summed E-state index contributed by atoms with van der Waals surface area (Å²) in [6.45, 7) is 1.96. The van der Waals surface area contributed by atoms with Crippen LogP contribution in [-0.2, 0) is 0 Å². The molecule has 1 atom stereocenters. The van der Waals surface area contributed by atoms with Crippen molar-refractivity contribution < 1.29 is 10.2 Å². The van der Waals surface area contributed by atoms with Crippen LogP contribution in [0.5, 0.6) is 0 Å². The maximum absolute atomic E-state index is 10.5. The molecule has 2 nitrogen and oxygen atoms in total. The van der Waals surface area contributed by atoms with Crippen LogP contribution in [0.15, 0.2) is 30.3 Å². The molecule has 0 heterocycles. The molecule has 2 heteroatoms. The molecule has 1 aliphatic rings. The second-order valence-corrected chi connectivity index (χ2v) is 5.68. The highest BCUT2D eigenvalue weighted by atomic mass is 16.3. The van der Waals surface area contributed by atoms with Gasteiger partial charge in [0.1, 0.15) is 0 Å². The van der Waals surface area contributed by atoms with Gasteiger partial charge < -0.3 is 10.2 Å². The number of benzene rings is 1. The minimum Gasteiger partial charge on any atom is -0.393 e. The smallest absolute Gasteiger partial charge is 0.0672 e. The predicted molar refractivity (Wildman–Crippen MR) is 73.5 cm³/mol. The Morgan fingerprint density at radius 2 is 1.83 bits per heavy atom. The van der Waals surface area contributed by atoms with E-state index in [1.54, 1.807) is 0 Å². The zero-order valence-electron chi connectivity index (χ0n) is 11.2. The van der Waals surface area contributed by atoms with Crippen molar-refractivity contribution >= 4 is 0 Å². The lowest BCUT2D eigenvalue weighted by Crippen LogP contribution is -2.37. The molecule has 1 aromatic rings. The van der Waals surface area contributed by atoms with Gasteiger partial charge in [-0.2, -0.15) is 0 Å². The normalized spacial score (nSPS) is 30.1. The Bertz CT molecular complexity index is 353. The molecule has 0 saturated heterocycles. The van der Waals surface area contributed by atoms with Gasteiger partial charge in [-0.3, -0.25) is 0 Å². The highest BCUT2D eigenvalue weighted by Gasteiger charge is 2.34. The molecule has 2 rings (SSSR count). The summed E-state index contributed by atoms with van der Waals surface area (Å²) in [4.78, 5) is 0. The van der Waals surface area contributed by atoms with Gasteiger partial charge in [-0.15, -0.1) is 0 Å². The summed E-state index contributed by atoms with van der Waals surface area (Å²) in [7, 11) is 0. The molecule has 1 saturated carbocycles. The Morgan fingerprint density at radius 1 is 1.22 bits per heavy atom. The fourth-order valence-corrected chi connectivity index (χ4v) is 3.00. The minimum atomic E-state index is -0.638. The first-order chi connectivity index (χ1) is 8.63. The van der Waals surface area contributed by atoms with Gasteiger partial charge in [-0.1, -0.05) is 37.3 Å². The van der Waals surface area contributed by atoms with E-state index in [2.05, 4.69) is 24.3 Å². The second-order valence-electron chi connectivity index (χ2n) is 5.68. The second kappa shape index (κ2) is 5.85. The summed E-state index contributed by atoms with van der Waals surface area (Å²) in [6, 6.07) is 10.6. The van der Waals surface area contributed by atoms with E-state index in [9.17, 15) is 10.2 Å². The molecule has 0 radical (unpaired) electrons. The maximum atomic E-state index is 10.5. The molecule has 0 aromatic heterocycles. The fourth-order valence-electron chi connectivity index (χ4n) is 3.00. The van der Waals surface area contributed by atoms with Crippen molar-refractivity contribution in [3.63, 3.8) is 0 Å². The third kappa shape index (κ3) is 3.33. The van der Waals surface area contributed by atoms with Crippen LogP contribution in [0, 0.1) is 0 Å². The lowest BCUT2D eigenvalue weighted by molar-refractivity contribution is -0.0415. The van der Waals surface area contributed by atoms with Gasteiger partial charge in [0.25, 0.3) is 0 Å². The van der Waals surface area contributed by atoms with Gasteiger partial charge in [0.15, 0.2) is 0 Å². The highest BCUT2D eigenvalue weighted by molar-refractivity contribution is 5.20. The van der Waals surface area contributed by atoms with Crippen LogP contribution in [0.4, 0.5) is 0 Å². The van der Waals surface area contributed by atoms with Crippen molar-refractivity contribution in [2.75, 3.05) is 0 Å². The quantitative estimate of drug-likeness (QED) is 0.858. The molecule has 100 valence electrons. The largest absolute Gasteiger partial charge is 0.393 e. The van der Waals surface area contributed by atoms with E-state index in [4.69, 9.17) is 0 Å². The monoisotopic (exact) mass is 248 g/mol. The maximum Gasteiger partial charge on any atom is 0.0672 e. The van der Waals surface area contributed by atoms with Crippen LogP contribution in [-0.4, -0.2) is 21.9 Å². The zero-order chi connectivity index (χ0) is 13.0. The molecular weight excluding hydrogens is 224 g/mol. The van der Waals surface area contributed by atoms with Crippen molar-refractivity contribution in [2.45, 2.75) is 63.1 Å². The van der Waals surface area contributed by atoms with Gasteiger partial charge in [-0.25, -0.2) is 0 Å². The van der Waals surface area contributed by atoms with Gasteiger partial charge >= 0.3 is 0 Å². The average Bonchev–Trinajstić information content (AvgIpc) is 2.40. The molecule has 1 aliphatic carbocycles. The zero-order valence-corrected chi connectivity index (χ0v) is 11.2. The van der Waals surface area contributed by atoms with E-state index in [0.29, 0.717) is 12.3 Å². The number of hydrogen-bond donors (Lipinski definition) is 2. The topological polar surface area (TPSA) is 40.5 Å². The summed E-state index contributed by atoms with van der Waals surface area (Å²) in [5, 5.41) is 20.2. The first-order valence-corrected chi connectivity index (χ1v) is 7.08. The molecule has 18 heavy (non-hydrogen) atoms. The molecule has 2 N–H and O–H groups in total. The summed E-state index contributed by atoms with van der Waals surface area (Å²) in [5.41, 5.74) is 0.747. The summed E-state index contributed by atoms with van der Waals surface area (Å²) >= 11 is 0. The van der Waals surface area contributed by atoms with Crippen LogP contribution < -0.4 is 0 Å². The van der Waals surface area contributed by atoms with E-state index >= 15 is 0 Å². The molecule has 0 spiro atoms. The third-order valence-corrected chi connectivity index (χ3v) is 4.27. The Morgan fingerprint density at radius 3 is 2.39 bits per heavy atom. The van der Waals surface area contributed by atoms with Crippen LogP contribution in [0.1, 0.15) is 56.9 Å². The highest BCUT2D eigenvalue weighted by Crippen LogP contribution is 2.40. The Kier molecular flexibility index (Phi) is 4.41. The Hall–Kier alpha value is -0.860. The first-order valence-electron chi connectivity index (χ1n) is 7.08. The van der Waals surface area contributed by atoms with Gasteiger partial charge in [0.2, 0.25) is 0 Å². The summed E-state index contributed by atoms with van der Waals surface area (Å²) < 4.78 is 0. The van der Waals surface area contributed by atoms with E-state index in [0.717, 1.165) is 32.1 Å². The van der Waals surface area contributed by atoms with Crippen molar-refractivity contribution in [2.24, 2.45) is 0 Å². The van der Waals surface area contributed by atoms with Crippen molar-refractivity contribution in [1.29, 1.82) is 0 Å². The number of aliphatic hydroxyl groups excluding tert-OH is 1. The fraction of sp³-hybridized carbons (Fsp3) is 0.625. The summed E-state index contributed by atoms with van der Waals surface area (Å²) in [6.07, 6.45) is 4.57. The molecule has 1 aromatic carbocycles. The first kappa shape index (κ1) is 13.6. The predicted octanol–water partition coefficient (Wildman–Crippen LogP) is 3.24. The van der Waals surface area contributed by atoms with Crippen LogP contribution in [0.2, 0.25) is 0 Å². The third-order valence-electron chi connectivity index (χ3n) is 4.27. The van der Waals surface area contributed by atoms with Crippen molar-refractivity contribution in [3.05, 3.63) is 35.9 Å². The number of aliphatic hydroxyl groups is 2. The summed E-state index contributed by atoms with van der Waals surface area (Å²) in [5.74, 6) is 0.574. The molecular formula is C16H24O2. The van der Waals surface area contributed by atoms with Crippen LogP contribution in [0.25, 0.3) is 0 Å². The van der Waals surface area contributed by atoms with Crippen molar-refractivity contribution in [1.82, 2.24) is 0 Å². The lowest BCUT2D eigenvalue weighted by atomic mass is 9.74. The van der Waals surface area contributed by atoms with Gasteiger partial charge in [-0.05, 0) is 43.6 Å².